The van der Waals surface area contributed by atoms with E-state index in [1.807, 2.05) is 0 Å². The molecule has 0 aromatic heterocycles. The minimum absolute atomic E-state index is 0.331. The van der Waals surface area contributed by atoms with Crippen molar-refractivity contribution in [3.05, 3.63) is 29.8 Å². The zero-order chi connectivity index (χ0) is 16.0. The molecule has 0 fully saturated rings. The van der Waals surface area contributed by atoms with Crippen LogP contribution in [0, 0.1) is 0 Å². The maximum Gasteiger partial charge on any atom is 0.345 e. The van der Waals surface area contributed by atoms with Crippen LogP contribution in [0.5, 0.6) is 11.5 Å². The van der Waals surface area contributed by atoms with Crippen LogP contribution >= 0.6 is 0 Å². The molecule has 0 aliphatic rings. The van der Waals surface area contributed by atoms with E-state index >= 15 is 0 Å². The van der Waals surface area contributed by atoms with Crippen molar-refractivity contribution in [2.45, 2.75) is 12.5 Å². The summed E-state index contributed by atoms with van der Waals surface area (Å²) in [5.41, 5.74) is 0.354. The first kappa shape index (κ1) is 16.0. The van der Waals surface area contributed by atoms with Crippen LogP contribution in [0.4, 0.5) is 0 Å². The Morgan fingerprint density at radius 3 is 2.33 bits per heavy atom. The van der Waals surface area contributed by atoms with Gasteiger partial charge in [-0.2, -0.15) is 0 Å². The summed E-state index contributed by atoms with van der Waals surface area (Å²) in [6.07, 6.45) is -0.549. The Hall–Kier alpha value is -3.03. The number of ether oxygens (including phenoxy) is 1. The van der Waals surface area contributed by atoms with Gasteiger partial charge in [0.15, 0.2) is 11.5 Å². The summed E-state index contributed by atoms with van der Waals surface area (Å²) in [6.45, 7) is 0. The molecule has 1 aromatic carbocycles. The number of hydrogen-bond acceptors (Lipinski definition) is 6. The second kappa shape index (κ2) is 6.94. The first-order valence-electron chi connectivity index (χ1n) is 5.65. The number of esters is 1. The molecule has 1 aromatic rings. The summed E-state index contributed by atoms with van der Waals surface area (Å²) in [7, 11) is 0. The van der Waals surface area contributed by atoms with Crippen LogP contribution in [0.3, 0.4) is 0 Å². The van der Waals surface area contributed by atoms with Crippen LogP contribution in [0.25, 0.3) is 6.08 Å². The molecule has 1 atom stereocenters. The quantitative estimate of drug-likeness (QED) is 0.339. The predicted molar refractivity (Wildman–Crippen MR) is 68.6 cm³/mol. The Bertz CT molecular complexity index is 590. The number of rotatable bonds is 6. The first-order valence-corrected chi connectivity index (χ1v) is 5.65. The van der Waals surface area contributed by atoms with E-state index in [1.165, 1.54) is 24.3 Å². The maximum absolute atomic E-state index is 11.4. The molecule has 0 saturated heterocycles. The fourth-order valence-corrected chi connectivity index (χ4v) is 1.33. The van der Waals surface area contributed by atoms with Crippen LogP contribution in [0.1, 0.15) is 12.0 Å². The van der Waals surface area contributed by atoms with Crippen LogP contribution < -0.4 is 0 Å². The lowest BCUT2D eigenvalue weighted by Gasteiger charge is -2.09. The summed E-state index contributed by atoms with van der Waals surface area (Å²) < 4.78 is 4.48. The number of hydrogen-bond donors (Lipinski definition) is 4. The fourth-order valence-electron chi connectivity index (χ4n) is 1.33. The minimum Gasteiger partial charge on any atom is -0.504 e. The molecule has 0 radical (unpaired) electrons. The van der Waals surface area contributed by atoms with Crippen molar-refractivity contribution in [3.8, 4) is 11.5 Å². The molecule has 1 rings (SSSR count). The molecule has 0 aliphatic carbocycles. The standard InChI is InChI=1S/C13H12O8/c14-8-3-1-7(5-9(8)15)2-4-12(18)21-10(13(19)20)6-11(16)17/h1-5,10,14-15H,6H2,(H,16,17)(H,19,20). The van der Waals surface area contributed by atoms with Gasteiger partial charge in [0.2, 0.25) is 6.10 Å². The second-order valence-corrected chi connectivity index (χ2v) is 3.94. The summed E-state index contributed by atoms with van der Waals surface area (Å²) in [5.74, 6) is -4.75. The van der Waals surface area contributed by atoms with Gasteiger partial charge in [0, 0.05) is 6.08 Å². The predicted octanol–water partition coefficient (Wildman–Crippen LogP) is 0.582. The smallest absolute Gasteiger partial charge is 0.345 e. The number of carbonyl (C=O) groups is 3. The molecule has 1 unspecified atom stereocenters. The van der Waals surface area contributed by atoms with Gasteiger partial charge < -0.3 is 25.2 Å². The molecule has 0 aliphatic heterocycles. The molecular formula is C13H12O8. The van der Waals surface area contributed by atoms with Crippen molar-refractivity contribution in [1.82, 2.24) is 0 Å². The van der Waals surface area contributed by atoms with Gasteiger partial charge in [-0.1, -0.05) is 6.07 Å². The van der Waals surface area contributed by atoms with Crippen molar-refractivity contribution in [2.75, 3.05) is 0 Å². The van der Waals surface area contributed by atoms with Gasteiger partial charge in [0.1, 0.15) is 0 Å². The van der Waals surface area contributed by atoms with Crippen LogP contribution in [-0.2, 0) is 19.1 Å². The zero-order valence-electron chi connectivity index (χ0n) is 10.6. The first-order chi connectivity index (χ1) is 9.79. The normalized spacial score (nSPS) is 12.0. The zero-order valence-corrected chi connectivity index (χ0v) is 10.6. The highest BCUT2D eigenvalue weighted by Gasteiger charge is 2.24. The van der Waals surface area contributed by atoms with E-state index < -0.39 is 30.4 Å². The third-order valence-corrected chi connectivity index (χ3v) is 2.31. The number of carboxylic acid groups (broad SMARTS) is 2. The van der Waals surface area contributed by atoms with Crippen LogP contribution in [-0.4, -0.2) is 44.4 Å². The van der Waals surface area contributed by atoms with Gasteiger partial charge in [-0.3, -0.25) is 4.79 Å². The van der Waals surface area contributed by atoms with Crippen molar-refractivity contribution >= 4 is 24.0 Å². The molecule has 0 bridgehead atoms. The molecule has 0 spiro atoms. The third kappa shape index (κ3) is 5.23. The summed E-state index contributed by atoms with van der Waals surface area (Å²) in [5, 5.41) is 35.5. The lowest BCUT2D eigenvalue weighted by atomic mass is 10.2. The van der Waals surface area contributed by atoms with Crippen LogP contribution in [0.2, 0.25) is 0 Å². The Balaban J connectivity index is 2.70. The molecule has 21 heavy (non-hydrogen) atoms. The fraction of sp³-hybridized carbons (Fsp3) is 0.154. The van der Waals surface area contributed by atoms with Crippen LogP contribution in [0.15, 0.2) is 24.3 Å². The molecule has 4 N–H and O–H groups in total. The molecule has 112 valence electrons. The average molecular weight is 296 g/mol. The highest BCUT2D eigenvalue weighted by molar-refractivity contribution is 5.90. The van der Waals surface area contributed by atoms with Gasteiger partial charge >= 0.3 is 17.9 Å². The molecular weight excluding hydrogens is 284 g/mol. The van der Waals surface area contributed by atoms with E-state index in [0.29, 0.717) is 5.56 Å². The largest absolute Gasteiger partial charge is 0.504 e. The minimum atomic E-state index is -1.78. The molecule has 8 heteroatoms. The second-order valence-electron chi connectivity index (χ2n) is 3.94. The molecule has 0 heterocycles. The number of aromatic hydroxyl groups is 2. The lowest BCUT2D eigenvalue weighted by molar-refractivity contribution is -0.164. The molecule has 0 amide bonds. The highest BCUT2D eigenvalue weighted by atomic mass is 16.6. The molecule has 0 saturated carbocycles. The van der Waals surface area contributed by atoms with Gasteiger partial charge in [-0.25, -0.2) is 9.59 Å². The number of phenols is 2. The summed E-state index contributed by atoms with van der Waals surface area (Å²) in [4.78, 5) is 32.5. The highest BCUT2D eigenvalue weighted by Crippen LogP contribution is 2.25. The van der Waals surface area contributed by atoms with Gasteiger partial charge in [0.05, 0.1) is 6.42 Å². The number of carboxylic acids is 2. The van der Waals surface area contributed by atoms with E-state index in [9.17, 15) is 19.5 Å². The summed E-state index contributed by atoms with van der Waals surface area (Å²) in [6, 6.07) is 3.76. The Morgan fingerprint density at radius 1 is 1.14 bits per heavy atom. The Kier molecular flexibility index (Phi) is 5.30. The Labute approximate surface area is 118 Å². The number of carbonyl (C=O) groups excluding carboxylic acids is 1. The van der Waals surface area contributed by atoms with E-state index in [-0.39, 0.29) is 11.5 Å². The number of benzene rings is 1. The number of phenolic OH excluding ortho intramolecular Hbond substituents is 2. The third-order valence-electron chi connectivity index (χ3n) is 2.31. The Morgan fingerprint density at radius 2 is 1.81 bits per heavy atom. The van der Waals surface area contributed by atoms with Crippen molar-refractivity contribution in [3.63, 3.8) is 0 Å². The van der Waals surface area contributed by atoms with E-state index in [0.717, 1.165) is 6.08 Å². The van der Waals surface area contributed by atoms with Crippen molar-refractivity contribution in [1.29, 1.82) is 0 Å². The van der Waals surface area contributed by atoms with Gasteiger partial charge in [-0.15, -0.1) is 0 Å². The van der Waals surface area contributed by atoms with Gasteiger partial charge in [0.25, 0.3) is 0 Å². The van der Waals surface area contributed by atoms with Crippen molar-refractivity contribution < 1.29 is 39.5 Å². The monoisotopic (exact) mass is 296 g/mol. The van der Waals surface area contributed by atoms with Crippen molar-refractivity contribution in [2.24, 2.45) is 0 Å². The SMILES string of the molecule is O=C(O)CC(OC(=O)C=Cc1ccc(O)c(O)c1)C(=O)O. The van der Waals surface area contributed by atoms with E-state index in [4.69, 9.17) is 15.3 Å². The average Bonchev–Trinajstić information content (AvgIpc) is 2.38. The number of aliphatic carboxylic acids is 2. The molecule has 8 nitrogen and oxygen atoms in total. The van der Waals surface area contributed by atoms with E-state index in [2.05, 4.69) is 4.74 Å². The van der Waals surface area contributed by atoms with E-state index in [1.54, 1.807) is 0 Å². The topological polar surface area (TPSA) is 141 Å². The lowest BCUT2D eigenvalue weighted by Crippen LogP contribution is -2.28. The summed E-state index contributed by atoms with van der Waals surface area (Å²) >= 11 is 0. The maximum atomic E-state index is 11.4. The van der Waals surface area contributed by atoms with Gasteiger partial charge in [-0.05, 0) is 23.8 Å².